The van der Waals surface area contributed by atoms with E-state index in [1.165, 1.54) is 5.56 Å². The van der Waals surface area contributed by atoms with Gasteiger partial charge in [0.05, 0.1) is 12.7 Å². The third-order valence-electron chi connectivity index (χ3n) is 4.60. The maximum Gasteiger partial charge on any atom is 0.279 e. The Labute approximate surface area is 150 Å². The zero-order valence-electron chi connectivity index (χ0n) is 14.3. The van der Waals surface area contributed by atoms with Gasteiger partial charge in [-0.2, -0.15) is 5.10 Å². The summed E-state index contributed by atoms with van der Waals surface area (Å²) >= 11 is 5.95. The smallest absolute Gasteiger partial charge is 0.279 e. The normalized spacial score (nSPS) is 15.0. The maximum absolute atomic E-state index is 12.7. The molecule has 2 aromatic heterocycles. The van der Waals surface area contributed by atoms with Gasteiger partial charge < -0.3 is 0 Å². The van der Waals surface area contributed by atoms with Crippen LogP contribution in [0.25, 0.3) is 5.52 Å². The highest BCUT2D eigenvalue weighted by molar-refractivity contribution is 6.30. The second kappa shape index (κ2) is 6.28. The SMILES string of the molecule is CC(C)c1ncc2c(=O)n3c(nn12)CN(Cc1ccc(Cl)cc1)CC3. The summed E-state index contributed by atoms with van der Waals surface area (Å²) in [5.74, 6) is 1.83. The fraction of sp³-hybridized carbons (Fsp3) is 0.389. The molecule has 7 heteroatoms. The van der Waals surface area contributed by atoms with Crippen LogP contribution in [0.5, 0.6) is 0 Å². The summed E-state index contributed by atoms with van der Waals surface area (Å²) in [6.07, 6.45) is 1.64. The van der Waals surface area contributed by atoms with Crippen molar-refractivity contribution in [2.75, 3.05) is 6.54 Å². The molecule has 0 spiro atoms. The number of rotatable bonds is 3. The molecule has 6 nitrogen and oxygen atoms in total. The molecule has 1 aliphatic rings. The van der Waals surface area contributed by atoms with E-state index in [1.54, 1.807) is 15.3 Å². The molecule has 0 atom stereocenters. The van der Waals surface area contributed by atoms with E-state index in [0.29, 0.717) is 18.6 Å². The van der Waals surface area contributed by atoms with E-state index >= 15 is 0 Å². The Kier molecular flexibility index (Phi) is 4.09. The monoisotopic (exact) mass is 357 g/mol. The lowest BCUT2D eigenvalue weighted by Crippen LogP contribution is -2.40. The number of halogens is 1. The van der Waals surface area contributed by atoms with Gasteiger partial charge in [0, 0.05) is 30.6 Å². The van der Waals surface area contributed by atoms with Crippen LogP contribution in [0, 0.1) is 0 Å². The number of hydrogen-bond acceptors (Lipinski definition) is 4. The summed E-state index contributed by atoms with van der Waals surface area (Å²) in [4.78, 5) is 19.4. The number of aromatic nitrogens is 4. The Bertz CT molecular complexity index is 974. The van der Waals surface area contributed by atoms with Crippen molar-refractivity contribution in [1.82, 2.24) is 24.1 Å². The van der Waals surface area contributed by atoms with Crippen molar-refractivity contribution >= 4 is 17.1 Å². The van der Waals surface area contributed by atoms with E-state index in [1.807, 2.05) is 24.3 Å². The fourth-order valence-electron chi connectivity index (χ4n) is 3.28. The molecular weight excluding hydrogens is 338 g/mol. The molecule has 0 N–H and O–H groups in total. The van der Waals surface area contributed by atoms with Gasteiger partial charge in [-0.1, -0.05) is 37.6 Å². The van der Waals surface area contributed by atoms with Gasteiger partial charge >= 0.3 is 0 Å². The molecule has 0 amide bonds. The molecule has 0 fully saturated rings. The van der Waals surface area contributed by atoms with Gasteiger partial charge in [-0.15, -0.1) is 0 Å². The Morgan fingerprint density at radius 2 is 1.96 bits per heavy atom. The van der Waals surface area contributed by atoms with Crippen molar-refractivity contribution in [3.05, 3.63) is 63.1 Å². The quantitative estimate of drug-likeness (QED) is 0.723. The lowest BCUT2D eigenvalue weighted by atomic mass is 10.2. The minimum atomic E-state index is -0.00413. The van der Waals surface area contributed by atoms with E-state index in [9.17, 15) is 4.79 Å². The second-order valence-corrected chi connectivity index (χ2v) is 7.21. The van der Waals surface area contributed by atoms with Crippen LogP contribution >= 0.6 is 11.6 Å². The predicted octanol–water partition coefficient (Wildman–Crippen LogP) is 2.68. The summed E-state index contributed by atoms with van der Waals surface area (Å²) in [6.45, 7) is 7.03. The van der Waals surface area contributed by atoms with Crippen molar-refractivity contribution in [2.45, 2.75) is 39.4 Å². The van der Waals surface area contributed by atoms with Crippen molar-refractivity contribution < 1.29 is 0 Å². The van der Waals surface area contributed by atoms with Crippen LogP contribution in [0.2, 0.25) is 5.02 Å². The first kappa shape index (κ1) is 16.3. The lowest BCUT2D eigenvalue weighted by Gasteiger charge is -2.29. The molecule has 3 heterocycles. The first-order chi connectivity index (χ1) is 12.0. The molecule has 0 aliphatic carbocycles. The minimum Gasteiger partial charge on any atom is -0.291 e. The van der Waals surface area contributed by atoms with Crippen molar-refractivity contribution in [1.29, 1.82) is 0 Å². The first-order valence-corrected chi connectivity index (χ1v) is 8.85. The Morgan fingerprint density at radius 3 is 2.68 bits per heavy atom. The topological polar surface area (TPSA) is 55.4 Å². The second-order valence-electron chi connectivity index (χ2n) is 6.78. The van der Waals surface area contributed by atoms with Crippen molar-refractivity contribution in [3.63, 3.8) is 0 Å². The third-order valence-corrected chi connectivity index (χ3v) is 4.85. The first-order valence-electron chi connectivity index (χ1n) is 8.47. The van der Waals surface area contributed by atoms with E-state index < -0.39 is 0 Å². The molecule has 0 bridgehead atoms. The summed E-state index contributed by atoms with van der Waals surface area (Å²) in [5.41, 5.74) is 1.75. The average Bonchev–Trinajstić information content (AvgIpc) is 3.01. The van der Waals surface area contributed by atoms with Crippen LogP contribution in [0.4, 0.5) is 0 Å². The molecule has 1 aliphatic heterocycles. The van der Waals surface area contributed by atoms with E-state index in [2.05, 4.69) is 23.7 Å². The average molecular weight is 358 g/mol. The van der Waals surface area contributed by atoms with Gasteiger partial charge in [0.25, 0.3) is 5.56 Å². The largest absolute Gasteiger partial charge is 0.291 e. The zero-order valence-corrected chi connectivity index (χ0v) is 15.1. The zero-order chi connectivity index (χ0) is 17.6. The van der Waals surface area contributed by atoms with Crippen molar-refractivity contribution in [3.8, 4) is 0 Å². The van der Waals surface area contributed by atoms with Crippen LogP contribution < -0.4 is 5.56 Å². The summed E-state index contributed by atoms with van der Waals surface area (Å²) < 4.78 is 3.49. The van der Waals surface area contributed by atoms with Crippen LogP contribution in [0.15, 0.2) is 35.3 Å². The number of imidazole rings is 1. The standard InChI is InChI=1S/C18H20ClN5O/c1-12(2)17-20-9-15-18(25)23-8-7-22(11-16(23)21-24(15)17)10-13-3-5-14(19)6-4-13/h3-6,9,12H,7-8,10-11H2,1-2H3. The van der Waals surface area contributed by atoms with E-state index in [0.717, 1.165) is 29.8 Å². The molecule has 3 aromatic rings. The highest BCUT2D eigenvalue weighted by Gasteiger charge is 2.22. The molecule has 130 valence electrons. The molecule has 0 radical (unpaired) electrons. The highest BCUT2D eigenvalue weighted by atomic mass is 35.5. The van der Waals surface area contributed by atoms with Gasteiger partial charge in [0.1, 0.15) is 11.6 Å². The lowest BCUT2D eigenvalue weighted by molar-refractivity contribution is 0.201. The molecule has 0 saturated heterocycles. The van der Waals surface area contributed by atoms with Crippen LogP contribution in [-0.2, 0) is 19.6 Å². The van der Waals surface area contributed by atoms with Crippen LogP contribution in [0.1, 0.15) is 37.0 Å². The summed E-state index contributed by atoms with van der Waals surface area (Å²) in [7, 11) is 0. The minimum absolute atomic E-state index is 0.00413. The van der Waals surface area contributed by atoms with Gasteiger partial charge in [-0.25, -0.2) is 9.50 Å². The molecule has 0 unspecified atom stereocenters. The van der Waals surface area contributed by atoms with Crippen molar-refractivity contribution in [2.24, 2.45) is 0 Å². The number of benzene rings is 1. The summed E-state index contributed by atoms with van der Waals surface area (Å²) in [6, 6.07) is 7.88. The predicted molar refractivity (Wildman–Crippen MR) is 96.9 cm³/mol. The maximum atomic E-state index is 12.7. The Balaban J connectivity index is 1.66. The van der Waals surface area contributed by atoms with E-state index in [4.69, 9.17) is 16.7 Å². The Hall–Kier alpha value is -2.18. The molecule has 0 saturated carbocycles. The molecular formula is C18H20ClN5O. The molecule has 1 aromatic carbocycles. The van der Waals surface area contributed by atoms with Gasteiger partial charge in [0.15, 0.2) is 5.52 Å². The van der Waals surface area contributed by atoms with Crippen LogP contribution in [-0.4, -0.2) is 30.6 Å². The molecule has 4 rings (SSSR count). The van der Waals surface area contributed by atoms with Crippen LogP contribution in [0.3, 0.4) is 0 Å². The number of fused-ring (bicyclic) bond motifs is 2. The fourth-order valence-corrected chi connectivity index (χ4v) is 3.41. The highest BCUT2D eigenvalue weighted by Crippen LogP contribution is 2.17. The van der Waals surface area contributed by atoms with E-state index in [-0.39, 0.29) is 11.5 Å². The van der Waals surface area contributed by atoms with Gasteiger partial charge in [0.2, 0.25) is 0 Å². The number of nitrogens with zero attached hydrogens (tertiary/aromatic N) is 5. The third kappa shape index (κ3) is 2.96. The Morgan fingerprint density at radius 1 is 1.20 bits per heavy atom. The van der Waals surface area contributed by atoms with Gasteiger partial charge in [-0.3, -0.25) is 14.3 Å². The molecule has 25 heavy (non-hydrogen) atoms. The number of hydrogen-bond donors (Lipinski definition) is 0. The van der Waals surface area contributed by atoms with Gasteiger partial charge in [-0.05, 0) is 17.7 Å². The summed E-state index contributed by atoms with van der Waals surface area (Å²) in [5, 5.41) is 5.46.